The van der Waals surface area contributed by atoms with Crippen molar-refractivity contribution in [3.05, 3.63) is 35.4 Å². The van der Waals surface area contributed by atoms with Crippen LogP contribution < -0.4 is 0 Å². The molecule has 0 aliphatic carbocycles. The highest BCUT2D eigenvalue weighted by Crippen LogP contribution is 2.30. The van der Waals surface area contributed by atoms with Crippen molar-refractivity contribution in [2.45, 2.75) is 32.6 Å². The first-order valence-electron chi connectivity index (χ1n) is 8.36. The number of hydrogen-bond donors (Lipinski definition) is 0. The van der Waals surface area contributed by atoms with Crippen molar-refractivity contribution >= 4 is 34.7 Å². The van der Waals surface area contributed by atoms with E-state index in [0.29, 0.717) is 10.9 Å². The summed E-state index contributed by atoms with van der Waals surface area (Å²) in [5.74, 6) is 0.0720. The molecule has 0 radical (unpaired) electrons. The quantitative estimate of drug-likeness (QED) is 0.802. The van der Waals surface area contributed by atoms with Gasteiger partial charge in [0.25, 0.3) is 5.91 Å². The molecule has 0 spiro atoms. The molecular weight excluding hydrogens is 352 g/mol. The minimum Gasteiger partial charge on any atom is -0.339 e. The van der Waals surface area contributed by atoms with E-state index in [9.17, 15) is 14.4 Å². The van der Waals surface area contributed by atoms with E-state index in [2.05, 4.69) is 4.99 Å². The SMILES string of the molecule is CC(=O)CSC1=NC2C(C(=O)N(Cc3ccc(C)cc3)C(=O)N2C)N1C. The molecular formula is C18H22N4O3S. The molecule has 0 aromatic heterocycles. The predicted molar refractivity (Wildman–Crippen MR) is 101 cm³/mol. The molecule has 1 fully saturated rings. The lowest BCUT2D eigenvalue weighted by Crippen LogP contribution is -2.64. The zero-order valence-electron chi connectivity index (χ0n) is 15.3. The topological polar surface area (TPSA) is 73.3 Å². The average molecular weight is 374 g/mol. The number of benzene rings is 1. The second-order valence-electron chi connectivity index (χ2n) is 6.68. The Morgan fingerprint density at radius 2 is 1.81 bits per heavy atom. The highest BCUT2D eigenvalue weighted by molar-refractivity contribution is 8.14. The van der Waals surface area contributed by atoms with Crippen molar-refractivity contribution in [2.24, 2.45) is 4.99 Å². The van der Waals surface area contributed by atoms with Gasteiger partial charge in [0.2, 0.25) is 0 Å². The number of amidine groups is 1. The molecule has 2 atom stereocenters. The standard InChI is InChI=1S/C18H22N4O3S/c1-11-5-7-13(8-6-11)9-22-16(24)14-15(21(4)18(22)25)19-17(20(14)3)26-10-12(2)23/h5-8,14-15H,9-10H2,1-4H3. The van der Waals surface area contributed by atoms with Crippen molar-refractivity contribution < 1.29 is 14.4 Å². The lowest BCUT2D eigenvalue weighted by molar-refractivity contribution is -0.137. The number of rotatable bonds is 4. The van der Waals surface area contributed by atoms with E-state index in [1.54, 1.807) is 19.0 Å². The number of Topliss-reactive ketones (excluding diaryl/α,β-unsaturated/α-hetero) is 1. The van der Waals surface area contributed by atoms with Gasteiger partial charge in [0, 0.05) is 14.1 Å². The van der Waals surface area contributed by atoms with Crippen molar-refractivity contribution in [1.29, 1.82) is 0 Å². The number of thioether (sulfide) groups is 1. The van der Waals surface area contributed by atoms with Crippen molar-refractivity contribution in [3.63, 3.8) is 0 Å². The first kappa shape index (κ1) is 18.4. The summed E-state index contributed by atoms with van der Waals surface area (Å²) in [6.07, 6.45) is -0.552. The molecule has 3 rings (SSSR count). The number of likely N-dealkylation sites (N-methyl/N-ethyl adjacent to an activating group) is 2. The van der Waals surface area contributed by atoms with E-state index in [0.717, 1.165) is 11.1 Å². The number of carbonyl (C=O) groups is 3. The fourth-order valence-corrected chi connectivity index (χ4v) is 3.90. The zero-order valence-corrected chi connectivity index (χ0v) is 16.1. The van der Waals surface area contributed by atoms with Gasteiger partial charge >= 0.3 is 6.03 Å². The first-order valence-corrected chi connectivity index (χ1v) is 9.34. The maximum atomic E-state index is 13.0. The molecule has 2 aliphatic rings. The Bertz CT molecular complexity index is 777. The Labute approximate surface area is 157 Å². The van der Waals surface area contributed by atoms with E-state index in [4.69, 9.17) is 0 Å². The van der Waals surface area contributed by atoms with Crippen LogP contribution in [0.1, 0.15) is 18.1 Å². The number of amides is 3. The Hall–Kier alpha value is -2.35. The lowest BCUT2D eigenvalue weighted by Gasteiger charge is -2.40. The summed E-state index contributed by atoms with van der Waals surface area (Å²) in [6.45, 7) is 3.74. The fraction of sp³-hybridized carbons (Fsp3) is 0.444. The van der Waals surface area contributed by atoms with Gasteiger partial charge in [-0.15, -0.1) is 0 Å². The molecule has 138 valence electrons. The fourth-order valence-electron chi connectivity index (χ4n) is 3.07. The molecule has 2 aliphatic heterocycles. The van der Waals surface area contributed by atoms with E-state index in [1.807, 2.05) is 31.2 Å². The normalized spacial score (nSPS) is 22.6. The van der Waals surface area contributed by atoms with Crippen LogP contribution in [0.15, 0.2) is 29.3 Å². The Kier molecular flexibility index (Phi) is 5.04. The van der Waals surface area contributed by atoms with Crippen LogP contribution in [-0.4, -0.2) is 69.6 Å². The molecule has 8 heteroatoms. The van der Waals surface area contributed by atoms with Gasteiger partial charge in [0.15, 0.2) is 17.4 Å². The van der Waals surface area contributed by atoms with Crippen LogP contribution >= 0.6 is 11.8 Å². The molecule has 7 nitrogen and oxygen atoms in total. The number of fused-ring (bicyclic) bond motifs is 1. The summed E-state index contributed by atoms with van der Waals surface area (Å²) in [5, 5.41) is 0.611. The highest BCUT2D eigenvalue weighted by atomic mass is 32.2. The van der Waals surface area contributed by atoms with Crippen LogP contribution in [0.5, 0.6) is 0 Å². The van der Waals surface area contributed by atoms with Gasteiger partial charge in [0.1, 0.15) is 5.78 Å². The molecule has 3 amide bonds. The van der Waals surface area contributed by atoms with Crippen LogP contribution in [0.4, 0.5) is 4.79 Å². The second kappa shape index (κ2) is 7.11. The number of imide groups is 1. The second-order valence-corrected chi connectivity index (χ2v) is 7.62. The Morgan fingerprint density at radius 3 is 2.42 bits per heavy atom. The number of aliphatic imine (C=N–C) groups is 1. The summed E-state index contributed by atoms with van der Waals surface area (Å²) < 4.78 is 0. The number of hydrogen-bond acceptors (Lipinski definition) is 6. The summed E-state index contributed by atoms with van der Waals surface area (Å²) >= 11 is 1.30. The molecule has 1 saturated heterocycles. The minimum atomic E-state index is -0.558. The number of carbonyl (C=O) groups excluding carboxylic acids is 3. The third kappa shape index (κ3) is 3.33. The average Bonchev–Trinajstić information content (AvgIpc) is 2.93. The molecule has 2 heterocycles. The molecule has 1 aromatic rings. The zero-order chi connectivity index (χ0) is 19.0. The third-order valence-corrected chi connectivity index (χ3v) is 5.76. The molecule has 1 aromatic carbocycles. The van der Waals surface area contributed by atoms with Gasteiger partial charge < -0.3 is 9.80 Å². The van der Waals surface area contributed by atoms with Crippen molar-refractivity contribution in [3.8, 4) is 0 Å². The lowest BCUT2D eigenvalue weighted by atomic mass is 10.1. The molecule has 26 heavy (non-hydrogen) atoms. The summed E-state index contributed by atoms with van der Waals surface area (Å²) in [6, 6.07) is 6.85. The van der Waals surface area contributed by atoms with Crippen LogP contribution in [0.3, 0.4) is 0 Å². The first-order chi connectivity index (χ1) is 12.3. The van der Waals surface area contributed by atoms with Crippen LogP contribution in [0.25, 0.3) is 0 Å². The van der Waals surface area contributed by atoms with E-state index >= 15 is 0 Å². The largest absolute Gasteiger partial charge is 0.339 e. The van der Waals surface area contributed by atoms with Crippen LogP contribution in [0, 0.1) is 6.92 Å². The number of ketones is 1. The van der Waals surface area contributed by atoms with Gasteiger partial charge in [-0.1, -0.05) is 41.6 Å². The summed E-state index contributed by atoms with van der Waals surface area (Å²) in [5.41, 5.74) is 2.02. The van der Waals surface area contributed by atoms with E-state index in [-0.39, 0.29) is 24.3 Å². The van der Waals surface area contributed by atoms with Gasteiger partial charge in [-0.3, -0.25) is 14.5 Å². The number of nitrogens with zero attached hydrogens (tertiary/aromatic N) is 4. The molecule has 0 N–H and O–H groups in total. The number of aryl methyl sites for hydroxylation is 1. The van der Waals surface area contributed by atoms with Crippen molar-refractivity contribution in [2.75, 3.05) is 19.8 Å². The maximum absolute atomic E-state index is 13.0. The summed E-state index contributed by atoms with van der Waals surface area (Å²) in [7, 11) is 3.44. The van der Waals surface area contributed by atoms with E-state index in [1.165, 1.54) is 28.5 Å². The minimum absolute atomic E-state index is 0.0396. The van der Waals surface area contributed by atoms with Gasteiger partial charge in [0.05, 0.1) is 12.3 Å². The van der Waals surface area contributed by atoms with Crippen LogP contribution in [0.2, 0.25) is 0 Å². The van der Waals surface area contributed by atoms with Gasteiger partial charge in [-0.05, 0) is 19.4 Å². The monoisotopic (exact) mass is 374 g/mol. The van der Waals surface area contributed by atoms with Crippen molar-refractivity contribution in [1.82, 2.24) is 14.7 Å². The van der Waals surface area contributed by atoms with Gasteiger partial charge in [-0.25, -0.2) is 9.79 Å². The highest BCUT2D eigenvalue weighted by Gasteiger charge is 2.50. The maximum Gasteiger partial charge on any atom is 0.328 e. The molecule has 0 saturated carbocycles. The smallest absolute Gasteiger partial charge is 0.328 e. The van der Waals surface area contributed by atoms with Crippen LogP contribution in [-0.2, 0) is 16.1 Å². The van der Waals surface area contributed by atoms with E-state index < -0.39 is 12.2 Å². The van der Waals surface area contributed by atoms with Gasteiger partial charge in [-0.2, -0.15) is 0 Å². The third-order valence-electron chi connectivity index (χ3n) is 4.56. The summed E-state index contributed by atoms with van der Waals surface area (Å²) in [4.78, 5) is 46.0. The molecule has 0 bridgehead atoms. The molecule has 2 unspecified atom stereocenters. The number of urea groups is 1. The predicted octanol–water partition coefficient (Wildman–Crippen LogP) is 1.71. The Morgan fingerprint density at radius 1 is 1.15 bits per heavy atom. The Balaban J connectivity index is 1.81.